The Labute approximate surface area is 167 Å². The van der Waals surface area contributed by atoms with Crippen LogP contribution in [0.25, 0.3) is 27.9 Å². The lowest BCUT2D eigenvalue weighted by Crippen LogP contribution is -2.24. The van der Waals surface area contributed by atoms with Gasteiger partial charge in [-0.15, -0.1) is 0 Å². The zero-order valence-corrected chi connectivity index (χ0v) is 16.7. The predicted octanol–water partition coefficient (Wildman–Crippen LogP) is 4.56. The third-order valence-electron chi connectivity index (χ3n) is 4.51. The maximum absolute atomic E-state index is 14.3. The molecule has 0 fully saturated rings. The number of carbonyl (C=O) groups excluding carboxylic acids is 1. The third kappa shape index (κ3) is 3.29. The second-order valence-electron chi connectivity index (χ2n) is 7.92. The molecule has 2 heterocycles. The number of aryl methyl sites for hydroxylation is 1. The first-order valence-corrected chi connectivity index (χ1v) is 9.22. The van der Waals surface area contributed by atoms with Crippen LogP contribution in [0.3, 0.4) is 0 Å². The summed E-state index contributed by atoms with van der Waals surface area (Å²) in [5, 5.41) is 0. The van der Waals surface area contributed by atoms with Crippen LogP contribution in [-0.4, -0.2) is 26.1 Å². The lowest BCUT2D eigenvalue weighted by molar-refractivity contribution is 0.00728. The van der Waals surface area contributed by atoms with Crippen molar-refractivity contribution in [3.8, 4) is 5.69 Å². The van der Waals surface area contributed by atoms with Gasteiger partial charge < -0.3 is 10.5 Å². The molecule has 7 heteroatoms. The van der Waals surface area contributed by atoms with Gasteiger partial charge in [0.25, 0.3) is 0 Å². The monoisotopic (exact) mass is 392 g/mol. The minimum absolute atomic E-state index is 0.104. The molecule has 0 spiro atoms. The van der Waals surface area contributed by atoms with Crippen molar-refractivity contribution in [2.45, 2.75) is 33.3 Å². The lowest BCUT2D eigenvalue weighted by Gasteiger charge is -2.19. The highest BCUT2D eigenvalue weighted by molar-refractivity contribution is 6.09. The number of nitrogens with two attached hydrogens (primary N) is 1. The summed E-state index contributed by atoms with van der Waals surface area (Å²) in [5.41, 5.74) is 8.69. The van der Waals surface area contributed by atoms with Gasteiger partial charge in [0, 0.05) is 0 Å². The third-order valence-corrected chi connectivity index (χ3v) is 4.51. The van der Waals surface area contributed by atoms with Crippen molar-refractivity contribution in [2.75, 3.05) is 5.73 Å². The molecular formula is C22H21FN4O2. The van der Waals surface area contributed by atoms with E-state index in [9.17, 15) is 9.18 Å². The van der Waals surface area contributed by atoms with Gasteiger partial charge in [-0.3, -0.25) is 4.57 Å². The number of halogens is 1. The molecule has 0 amide bonds. The van der Waals surface area contributed by atoms with Gasteiger partial charge in [0.1, 0.15) is 28.3 Å². The number of nitrogen functional groups attached to an aromatic ring is 1. The Morgan fingerprint density at radius 1 is 1.10 bits per heavy atom. The number of nitrogens with zero attached hydrogens (tertiary/aromatic N) is 3. The van der Waals surface area contributed by atoms with Crippen LogP contribution in [-0.2, 0) is 4.74 Å². The number of anilines is 1. The van der Waals surface area contributed by atoms with Gasteiger partial charge in [-0.05, 0) is 57.5 Å². The fraction of sp³-hybridized carbons (Fsp3) is 0.227. The highest BCUT2D eigenvalue weighted by Crippen LogP contribution is 2.32. The van der Waals surface area contributed by atoms with Gasteiger partial charge in [0.2, 0.25) is 0 Å². The first-order valence-electron chi connectivity index (χ1n) is 9.22. The summed E-state index contributed by atoms with van der Waals surface area (Å²) in [5.74, 6) is -0.875. The molecule has 0 bridgehead atoms. The Bertz CT molecular complexity index is 1270. The Morgan fingerprint density at radius 3 is 2.38 bits per heavy atom. The van der Waals surface area contributed by atoms with Gasteiger partial charge in [-0.25, -0.2) is 19.2 Å². The van der Waals surface area contributed by atoms with E-state index in [2.05, 4.69) is 9.97 Å². The first kappa shape index (κ1) is 18.9. The molecule has 0 atom stereocenters. The van der Waals surface area contributed by atoms with Gasteiger partial charge in [-0.1, -0.05) is 18.2 Å². The van der Waals surface area contributed by atoms with E-state index in [1.165, 1.54) is 10.6 Å². The second kappa shape index (κ2) is 6.55. The molecule has 0 unspecified atom stereocenters. The number of fused-ring (bicyclic) bond motifs is 2. The van der Waals surface area contributed by atoms with Gasteiger partial charge >= 0.3 is 5.97 Å². The lowest BCUT2D eigenvalue weighted by atomic mass is 10.2. The fourth-order valence-electron chi connectivity index (χ4n) is 3.17. The topological polar surface area (TPSA) is 83.0 Å². The van der Waals surface area contributed by atoms with Gasteiger partial charge in [-0.2, -0.15) is 0 Å². The summed E-state index contributed by atoms with van der Waals surface area (Å²) in [6, 6.07) is 12.0. The summed E-state index contributed by atoms with van der Waals surface area (Å²) < 4.78 is 21.3. The van der Waals surface area contributed by atoms with Crippen molar-refractivity contribution in [3.63, 3.8) is 0 Å². The molecule has 0 saturated carbocycles. The normalized spacial score (nSPS) is 11.9. The number of benzene rings is 2. The Kier molecular flexibility index (Phi) is 4.26. The van der Waals surface area contributed by atoms with Gasteiger partial charge in [0.05, 0.1) is 16.7 Å². The zero-order chi connectivity index (χ0) is 20.9. The van der Waals surface area contributed by atoms with E-state index in [1.807, 2.05) is 18.2 Å². The van der Waals surface area contributed by atoms with Crippen LogP contribution in [0, 0.1) is 12.7 Å². The molecule has 0 saturated heterocycles. The average Bonchev–Trinajstić information content (AvgIpc) is 2.91. The van der Waals surface area contributed by atoms with E-state index in [-0.39, 0.29) is 17.2 Å². The molecule has 4 aromatic rings. The van der Waals surface area contributed by atoms with Crippen molar-refractivity contribution in [1.82, 2.24) is 14.5 Å². The molecule has 6 nitrogen and oxygen atoms in total. The summed E-state index contributed by atoms with van der Waals surface area (Å²) in [6.45, 7) is 7.00. The number of hydrogen-bond donors (Lipinski definition) is 1. The minimum atomic E-state index is -0.710. The molecular weight excluding hydrogens is 371 g/mol. The largest absolute Gasteiger partial charge is 0.456 e. The van der Waals surface area contributed by atoms with E-state index in [0.29, 0.717) is 33.4 Å². The van der Waals surface area contributed by atoms with Crippen molar-refractivity contribution in [3.05, 3.63) is 59.4 Å². The fourth-order valence-corrected chi connectivity index (χ4v) is 3.17. The van der Waals surface area contributed by atoms with E-state index < -0.39 is 11.6 Å². The van der Waals surface area contributed by atoms with Crippen LogP contribution < -0.4 is 5.73 Å². The SMILES string of the molecule is Cc1ccc(-n2c(N)c(C(=O)OC(C)(C)C)c3nc4ccccc4nc32)cc1F. The van der Waals surface area contributed by atoms with Crippen LogP contribution >= 0.6 is 0 Å². The number of ether oxygens (including phenoxy) is 1. The summed E-state index contributed by atoms with van der Waals surface area (Å²) in [7, 11) is 0. The standard InChI is InChI=1S/C22H21FN4O2/c1-12-9-10-13(11-14(12)23)27-19(24)17(21(28)29-22(2,3)4)18-20(27)26-16-8-6-5-7-15(16)25-18/h5-11H,24H2,1-4H3. The Balaban J connectivity index is 2.06. The smallest absolute Gasteiger partial charge is 0.344 e. The number of rotatable bonds is 2. The van der Waals surface area contributed by atoms with Crippen LogP contribution in [0.4, 0.5) is 10.2 Å². The molecule has 0 aliphatic rings. The number of esters is 1. The molecule has 2 aromatic heterocycles. The van der Waals surface area contributed by atoms with Crippen LogP contribution in [0.1, 0.15) is 36.7 Å². The van der Waals surface area contributed by atoms with Crippen molar-refractivity contribution in [1.29, 1.82) is 0 Å². The summed E-state index contributed by atoms with van der Waals surface area (Å²) >= 11 is 0. The number of para-hydroxylation sites is 2. The van der Waals surface area contributed by atoms with Crippen molar-refractivity contribution < 1.29 is 13.9 Å². The van der Waals surface area contributed by atoms with Gasteiger partial charge in [0.15, 0.2) is 5.65 Å². The Hall–Kier alpha value is -3.48. The highest BCUT2D eigenvalue weighted by Gasteiger charge is 2.28. The van der Waals surface area contributed by atoms with E-state index >= 15 is 0 Å². The van der Waals surface area contributed by atoms with E-state index in [4.69, 9.17) is 10.5 Å². The number of carbonyl (C=O) groups is 1. The molecule has 0 radical (unpaired) electrons. The highest BCUT2D eigenvalue weighted by atomic mass is 19.1. The summed E-state index contributed by atoms with van der Waals surface area (Å²) in [4.78, 5) is 22.2. The maximum atomic E-state index is 14.3. The first-order chi connectivity index (χ1) is 13.7. The molecule has 4 rings (SSSR count). The van der Waals surface area contributed by atoms with Crippen LogP contribution in [0.15, 0.2) is 42.5 Å². The quantitative estimate of drug-likeness (QED) is 0.506. The summed E-state index contributed by atoms with van der Waals surface area (Å²) in [6.07, 6.45) is 0. The molecule has 2 aromatic carbocycles. The van der Waals surface area contributed by atoms with Crippen molar-refractivity contribution >= 4 is 34.0 Å². The minimum Gasteiger partial charge on any atom is -0.456 e. The molecule has 29 heavy (non-hydrogen) atoms. The number of aromatic nitrogens is 3. The zero-order valence-electron chi connectivity index (χ0n) is 16.7. The molecule has 0 aliphatic heterocycles. The molecule has 0 aliphatic carbocycles. The molecule has 148 valence electrons. The second-order valence-corrected chi connectivity index (χ2v) is 7.92. The van der Waals surface area contributed by atoms with Crippen molar-refractivity contribution in [2.24, 2.45) is 0 Å². The van der Waals surface area contributed by atoms with E-state index in [1.54, 1.807) is 45.9 Å². The average molecular weight is 392 g/mol. The molecule has 2 N–H and O–H groups in total. The van der Waals surface area contributed by atoms with Crippen LogP contribution in [0.5, 0.6) is 0 Å². The van der Waals surface area contributed by atoms with Crippen LogP contribution in [0.2, 0.25) is 0 Å². The number of hydrogen-bond acceptors (Lipinski definition) is 5. The van der Waals surface area contributed by atoms with E-state index in [0.717, 1.165) is 0 Å². The maximum Gasteiger partial charge on any atom is 0.344 e. The predicted molar refractivity (Wildman–Crippen MR) is 111 cm³/mol. The Morgan fingerprint density at radius 2 is 1.76 bits per heavy atom.